The molecule has 1 aromatic rings. The van der Waals surface area contributed by atoms with Crippen molar-refractivity contribution < 1.29 is 9.32 Å². The summed E-state index contributed by atoms with van der Waals surface area (Å²) in [6.07, 6.45) is 2.27. The molecule has 0 bridgehead atoms. The molecule has 0 atom stereocenters. The van der Waals surface area contributed by atoms with E-state index in [2.05, 4.69) is 10.1 Å². The molecule has 5 nitrogen and oxygen atoms in total. The van der Waals surface area contributed by atoms with Crippen LogP contribution in [0.25, 0.3) is 0 Å². The van der Waals surface area contributed by atoms with Crippen molar-refractivity contribution in [1.29, 1.82) is 0 Å². The Morgan fingerprint density at radius 2 is 2.05 bits per heavy atom. The van der Waals surface area contributed by atoms with E-state index >= 15 is 0 Å². The highest BCUT2D eigenvalue weighted by molar-refractivity contribution is 5.81. The van der Waals surface area contributed by atoms with Crippen LogP contribution in [0.1, 0.15) is 45.1 Å². The molecule has 2 rings (SSSR count). The fraction of sp³-hybridized carbons (Fsp3) is 0.765. The van der Waals surface area contributed by atoms with Crippen LogP contribution < -0.4 is 0 Å². The molecule has 0 N–H and O–H groups in total. The zero-order valence-electron chi connectivity index (χ0n) is 14.6. The van der Waals surface area contributed by atoms with Gasteiger partial charge in [-0.1, -0.05) is 25.9 Å². The summed E-state index contributed by atoms with van der Waals surface area (Å²) in [5, 5.41) is 4.06. The number of rotatable bonds is 4. The summed E-state index contributed by atoms with van der Waals surface area (Å²) >= 11 is 0. The van der Waals surface area contributed by atoms with Gasteiger partial charge >= 0.3 is 0 Å². The minimum Gasteiger partial charge on any atom is -0.361 e. The smallest absolute Gasteiger partial charge is 0.227 e. The number of hydrogen-bond acceptors (Lipinski definition) is 4. The third kappa shape index (κ3) is 4.57. The number of amides is 1. The Hall–Kier alpha value is -1.36. The van der Waals surface area contributed by atoms with Gasteiger partial charge < -0.3 is 9.42 Å². The van der Waals surface area contributed by atoms with E-state index in [1.807, 2.05) is 45.7 Å². The lowest BCUT2D eigenvalue weighted by atomic mass is 9.92. The molecule has 124 valence electrons. The van der Waals surface area contributed by atoms with Crippen LogP contribution in [-0.4, -0.2) is 47.5 Å². The molecule has 0 aromatic carbocycles. The second-order valence-corrected chi connectivity index (χ2v) is 7.58. The Kier molecular flexibility index (Phi) is 5.27. The molecule has 0 aliphatic carbocycles. The number of aromatic nitrogens is 1. The van der Waals surface area contributed by atoms with Gasteiger partial charge in [0, 0.05) is 31.6 Å². The fourth-order valence-corrected chi connectivity index (χ4v) is 3.09. The van der Waals surface area contributed by atoms with E-state index in [0.717, 1.165) is 50.5 Å². The quantitative estimate of drug-likeness (QED) is 0.858. The van der Waals surface area contributed by atoms with Crippen molar-refractivity contribution in [3.8, 4) is 0 Å². The molecule has 1 aliphatic heterocycles. The van der Waals surface area contributed by atoms with Gasteiger partial charge in [0.25, 0.3) is 0 Å². The van der Waals surface area contributed by atoms with E-state index < -0.39 is 0 Å². The molecule has 0 spiro atoms. The van der Waals surface area contributed by atoms with Crippen molar-refractivity contribution in [2.45, 2.75) is 47.1 Å². The maximum atomic E-state index is 12.2. The molecule has 22 heavy (non-hydrogen) atoms. The number of nitrogens with zero attached hydrogens (tertiary/aromatic N) is 3. The normalized spacial score (nSPS) is 17.7. The Balaban J connectivity index is 1.76. The number of aryl methyl sites for hydroxylation is 1. The van der Waals surface area contributed by atoms with Gasteiger partial charge in [-0.05, 0) is 38.8 Å². The third-order valence-electron chi connectivity index (χ3n) is 4.29. The summed E-state index contributed by atoms with van der Waals surface area (Å²) < 4.78 is 5.12. The summed E-state index contributed by atoms with van der Waals surface area (Å²) in [6, 6.07) is 2.00. The van der Waals surface area contributed by atoms with Crippen molar-refractivity contribution in [3.63, 3.8) is 0 Å². The van der Waals surface area contributed by atoms with E-state index in [4.69, 9.17) is 4.52 Å². The zero-order chi connectivity index (χ0) is 16.3. The lowest BCUT2D eigenvalue weighted by Gasteiger charge is -2.35. The van der Waals surface area contributed by atoms with Crippen molar-refractivity contribution >= 4 is 5.91 Å². The van der Waals surface area contributed by atoms with Crippen molar-refractivity contribution in [2.75, 3.05) is 26.7 Å². The number of carbonyl (C=O) groups excluding carboxylic acids is 1. The maximum Gasteiger partial charge on any atom is 0.227 e. The first kappa shape index (κ1) is 17.0. The SMILES string of the molecule is Cc1cc(CN2CCC(CN(C)C(=O)C(C)(C)C)CC2)no1. The van der Waals surface area contributed by atoms with E-state index in [0.29, 0.717) is 5.92 Å². The molecule has 5 heteroatoms. The predicted octanol–water partition coefficient (Wildman–Crippen LogP) is 2.70. The van der Waals surface area contributed by atoms with Crippen LogP contribution in [0.3, 0.4) is 0 Å². The highest BCUT2D eigenvalue weighted by Gasteiger charge is 2.28. The number of piperidine rings is 1. The Morgan fingerprint density at radius 3 is 2.55 bits per heavy atom. The summed E-state index contributed by atoms with van der Waals surface area (Å²) in [4.78, 5) is 16.6. The molecule has 1 aliphatic rings. The standard InChI is InChI=1S/C17H29N3O2/c1-13-10-15(18-22-13)12-20-8-6-14(7-9-20)11-19(5)16(21)17(2,3)4/h10,14H,6-9,11-12H2,1-5H3. The van der Waals surface area contributed by atoms with Gasteiger partial charge in [0.05, 0.1) is 5.69 Å². The van der Waals surface area contributed by atoms with Gasteiger partial charge in [0.1, 0.15) is 5.76 Å². The minimum atomic E-state index is -0.291. The van der Waals surface area contributed by atoms with Crippen LogP contribution in [-0.2, 0) is 11.3 Å². The minimum absolute atomic E-state index is 0.230. The van der Waals surface area contributed by atoms with Gasteiger partial charge in [-0.25, -0.2) is 0 Å². The largest absolute Gasteiger partial charge is 0.361 e. The molecule has 1 saturated heterocycles. The van der Waals surface area contributed by atoms with Crippen molar-refractivity contribution in [2.24, 2.45) is 11.3 Å². The molecular formula is C17H29N3O2. The topological polar surface area (TPSA) is 49.6 Å². The second kappa shape index (κ2) is 6.82. The Morgan fingerprint density at radius 1 is 1.41 bits per heavy atom. The van der Waals surface area contributed by atoms with E-state index in [1.165, 1.54) is 0 Å². The van der Waals surface area contributed by atoms with Gasteiger partial charge in [-0.15, -0.1) is 0 Å². The third-order valence-corrected chi connectivity index (χ3v) is 4.29. The molecule has 0 radical (unpaired) electrons. The lowest BCUT2D eigenvalue weighted by molar-refractivity contribution is -0.138. The van der Waals surface area contributed by atoms with Gasteiger partial charge in [-0.2, -0.15) is 0 Å². The summed E-state index contributed by atoms with van der Waals surface area (Å²) in [6.45, 7) is 11.7. The molecule has 1 amide bonds. The van der Waals surface area contributed by atoms with Crippen molar-refractivity contribution in [1.82, 2.24) is 15.0 Å². The Bertz CT molecular complexity index is 496. The summed E-state index contributed by atoms with van der Waals surface area (Å²) in [5.74, 6) is 1.70. The van der Waals surface area contributed by atoms with E-state index in [9.17, 15) is 4.79 Å². The predicted molar refractivity (Wildman–Crippen MR) is 86.3 cm³/mol. The highest BCUT2D eigenvalue weighted by atomic mass is 16.5. The number of hydrogen-bond donors (Lipinski definition) is 0. The molecule has 0 saturated carbocycles. The first-order valence-electron chi connectivity index (χ1n) is 8.16. The van der Waals surface area contributed by atoms with Crippen molar-refractivity contribution in [3.05, 3.63) is 17.5 Å². The highest BCUT2D eigenvalue weighted by Crippen LogP contribution is 2.22. The van der Waals surface area contributed by atoms with Crippen LogP contribution in [0, 0.1) is 18.3 Å². The van der Waals surface area contributed by atoms with Crippen LogP contribution in [0.2, 0.25) is 0 Å². The average Bonchev–Trinajstić information content (AvgIpc) is 2.84. The molecule has 0 unspecified atom stereocenters. The lowest BCUT2D eigenvalue weighted by Crippen LogP contribution is -2.42. The van der Waals surface area contributed by atoms with E-state index in [-0.39, 0.29) is 11.3 Å². The first-order chi connectivity index (χ1) is 10.3. The van der Waals surface area contributed by atoms with Gasteiger partial charge in [-0.3, -0.25) is 9.69 Å². The van der Waals surface area contributed by atoms with E-state index in [1.54, 1.807) is 0 Å². The van der Waals surface area contributed by atoms with Crippen LogP contribution in [0.4, 0.5) is 0 Å². The zero-order valence-corrected chi connectivity index (χ0v) is 14.6. The van der Waals surface area contributed by atoms with Gasteiger partial charge in [0.15, 0.2) is 0 Å². The molecule has 1 aromatic heterocycles. The second-order valence-electron chi connectivity index (χ2n) is 7.58. The molecular weight excluding hydrogens is 278 g/mol. The molecule has 1 fully saturated rings. The van der Waals surface area contributed by atoms with Crippen LogP contribution >= 0.6 is 0 Å². The number of likely N-dealkylation sites (tertiary alicyclic amines) is 1. The summed E-state index contributed by atoms with van der Waals surface area (Å²) in [5.41, 5.74) is 0.719. The molecule has 2 heterocycles. The van der Waals surface area contributed by atoms with Gasteiger partial charge in [0.2, 0.25) is 5.91 Å². The first-order valence-corrected chi connectivity index (χ1v) is 8.16. The van der Waals surface area contributed by atoms with Crippen LogP contribution in [0.5, 0.6) is 0 Å². The van der Waals surface area contributed by atoms with Crippen LogP contribution in [0.15, 0.2) is 10.6 Å². The fourth-order valence-electron chi connectivity index (χ4n) is 3.09. The average molecular weight is 307 g/mol. The monoisotopic (exact) mass is 307 g/mol. The Labute approximate surface area is 133 Å². The number of carbonyl (C=O) groups is 1. The summed E-state index contributed by atoms with van der Waals surface area (Å²) in [7, 11) is 1.93. The maximum absolute atomic E-state index is 12.2.